The van der Waals surface area contributed by atoms with Crippen LogP contribution in [-0.4, -0.2) is 23.1 Å². The Kier molecular flexibility index (Phi) is 4.69. The molecule has 0 radical (unpaired) electrons. The van der Waals surface area contributed by atoms with E-state index < -0.39 is 0 Å². The topological polar surface area (TPSA) is 61.0 Å². The summed E-state index contributed by atoms with van der Waals surface area (Å²) in [5.74, 6) is 1.72. The van der Waals surface area contributed by atoms with E-state index in [9.17, 15) is 0 Å². The number of rotatable bonds is 5. The van der Waals surface area contributed by atoms with Crippen LogP contribution in [0.4, 0.5) is 0 Å². The Hall–Kier alpha value is -1.94. The third kappa shape index (κ3) is 3.14. The van der Waals surface area contributed by atoms with Crippen molar-refractivity contribution in [1.82, 2.24) is 9.97 Å². The van der Waals surface area contributed by atoms with Gasteiger partial charge in [0.25, 0.3) is 0 Å². The van der Waals surface area contributed by atoms with Gasteiger partial charge in [-0.2, -0.15) is 0 Å². The van der Waals surface area contributed by atoms with Crippen LogP contribution in [0.5, 0.6) is 5.75 Å². The molecule has 0 aliphatic carbocycles. The lowest BCUT2D eigenvalue weighted by molar-refractivity contribution is 0.337. The third-order valence-electron chi connectivity index (χ3n) is 3.17. The first-order valence-corrected chi connectivity index (χ1v) is 6.92. The van der Waals surface area contributed by atoms with E-state index in [2.05, 4.69) is 35.9 Å². The maximum atomic E-state index is 5.62. The van der Waals surface area contributed by atoms with Crippen molar-refractivity contribution < 1.29 is 4.74 Å². The van der Waals surface area contributed by atoms with Gasteiger partial charge >= 0.3 is 0 Å². The molecule has 0 aliphatic heterocycles. The minimum absolute atomic E-state index is 0.560. The van der Waals surface area contributed by atoms with Crippen molar-refractivity contribution in [2.75, 3.05) is 13.2 Å². The van der Waals surface area contributed by atoms with E-state index in [4.69, 9.17) is 10.5 Å². The Labute approximate surface area is 120 Å². The summed E-state index contributed by atoms with van der Waals surface area (Å²) >= 11 is 0. The standard InChI is InChI=1S/C16H21N3O/c1-4-20-15-10-11(2)13(9-12(15)3)14-6-8-18-16(19-14)5-7-17/h6,8-10H,4-5,7,17H2,1-3H3. The number of benzene rings is 1. The third-order valence-corrected chi connectivity index (χ3v) is 3.17. The van der Waals surface area contributed by atoms with Crippen LogP contribution in [0.3, 0.4) is 0 Å². The number of hydrogen-bond donors (Lipinski definition) is 1. The van der Waals surface area contributed by atoms with Crippen molar-refractivity contribution in [3.63, 3.8) is 0 Å². The van der Waals surface area contributed by atoms with Gasteiger partial charge < -0.3 is 10.5 Å². The number of ether oxygens (including phenoxy) is 1. The molecule has 4 heteroatoms. The second-order valence-electron chi connectivity index (χ2n) is 4.76. The average Bonchev–Trinajstić information content (AvgIpc) is 2.43. The predicted octanol–water partition coefficient (Wildman–Crippen LogP) is 2.66. The monoisotopic (exact) mass is 271 g/mol. The lowest BCUT2D eigenvalue weighted by Crippen LogP contribution is -2.06. The molecule has 0 bridgehead atoms. The second-order valence-corrected chi connectivity index (χ2v) is 4.76. The lowest BCUT2D eigenvalue weighted by Gasteiger charge is -2.12. The molecule has 0 atom stereocenters. The molecule has 1 aromatic carbocycles. The lowest BCUT2D eigenvalue weighted by atomic mass is 10.0. The van der Waals surface area contributed by atoms with Gasteiger partial charge in [0.15, 0.2) is 0 Å². The number of aromatic nitrogens is 2. The van der Waals surface area contributed by atoms with Crippen LogP contribution in [0, 0.1) is 13.8 Å². The molecular formula is C16H21N3O. The summed E-state index contributed by atoms with van der Waals surface area (Å²) in [4.78, 5) is 8.82. The highest BCUT2D eigenvalue weighted by molar-refractivity contribution is 5.66. The Balaban J connectivity index is 2.42. The molecule has 0 fully saturated rings. The fourth-order valence-corrected chi connectivity index (χ4v) is 2.18. The van der Waals surface area contributed by atoms with Crippen LogP contribution in [-0.2, 0) is 6.42 Å². The zero-order valence-electron chi connectivity index (χ0n) is 12.3. The molecule has 20 heavy (non-hydrogen) atoms. The van der Waals surface area contributed by atoms with E-state index in [1.807, 2.05) is 13.0 Å². The first-order chi connectivity index (χ1) is 9.65. The summed E-state index contributed by atoms with van der Waals surface area (Å²) in [6.45, 7) is 7.35. The first kappa shape index (κ1) is 14.5. The molecule has 0 saturated carbocycles. The molecule has 2 aromatic rings. The molecule has 0 unspecified atom stereocenters. The SMILES string of the molecule is CCOc1cc(C)c(-c2ccnc(CCN)n2)cc1C. The van der Waals surface area contributed by atoms with Gasteiger partial charge in [-0.05, 0) is 56.6 Å². The highest BCUT2D eigenvalue weighted by Gasteiger charge is 2.09. The molecule has 1 aromatic heterocycles. The summed E-state index contributed by atoms with van der Waals surface area (Å²) < 4.78 is 5.62. The van der Waals surface area contributed by atoms with Crippen LogP contribution in [0.1, 0.15) is 23.9 Å². The van der Waals surface area contributed by atoms with Crippen LogP contribution in [0.25, 0.3) is 11.3 Å². The molecule has 0 aliphatic rings. The summed E-state index contributed by atoms with van der Waals surface area (Å²) in [5.41, 5.74) is 9.88. The predicted molar refractivity (Wildman–Crippen MR) is 80.9 cm³/mol. The van der Waals surface area contributed by atoms with Gasteiger partial charge in [-0.25, -0.2) is 9.97 Å². The molecule has 2 rings (SSSR count). The van der Waals surface area contributed by atoms with Gasteiger partial charge in [-0.1, -0.05) is 0 Å². The quantitative estimate of drug-likeness (QED) is 0.908. The van der Waals surface area contributed by atoms with E-state index in [1.165, 1.54) is 0 Å². The van der Waals surface area contributed by atoms with Crippen molar-refractivity contribution in [1.29, 1.82) is 0 Å². The Morgan fingerprint density at radius 3 is 2.70 bits per heavy atom. The molecule has 0 saturated heterocycles. The normalized spacial score (nSPS) is 10.6. The van der Waals surface area contributed by atoms with Gasteiger partial charge in [-0.15, -0.1) is 0 Å². The van der Waals surface area contributed by atoms with E-state index in [-0.39, 0.29) is 0 Å². The summed E-state index contributed by atoms with van der Waals surface area (Å²) in [7, 11) is 0. The van der Waals surface area contributed by atoms with Crippen LogP contribution in [0.15, 0.2) is 24.4 Å². The molecule has 2 N–H and O–H groups in total. The number of aryl methyl sites for hydroxylation is 2. The molecule has 1 heterocycles. The van der Waals surface area contributed by atoms with Gasteiger partial charge in [-0.3, -0.25) is 0 Å². The Morgan fingerprint density at radius 2 is 2.00 bits per heavy atom. The number of nitrogens with two attached hydrogens (primary N) is 1. The summed E-state index contributed by atoms with van der Waals surface area (Å²) in [5, 5.41) is 0. The minimum Gasteiger partial charge on any atom is -0.494 e. The zero-order chi connectivity index (χ0) is 14.5. The summed E-state index contributed by atoms with van der Waals surface area (Å²) in [6.07, 6.45) is 2.49. The van der Waals surface area contributed by atoms with Gasteiger partial charge in [0.1, 0.15) is 11.6 Å². The van der Waals surface area contributed by atoms with Crippen molar-refractivity contribution in [2.45, 2.75) is 27.2 Å². The highest BCUT2D eigenvalue weighted by Crippen LogP contribution is 2.29. The van der Waals surface area contributed by atoms with E-state index in [0.717, 1.165) is 34.0 Å². The van der Waals surface area contributed by atoms with Crippen molar-refractivity contribution in [2.24, 2.45) is 5.73 Å². The smallest absolute Gasteiger partial charge is 0.130 e. The molecule has 106 valence electrons. The van der Waals surface area contributed by atoms with E-state index in [1.54, 1.807) is 6.20 Å². The number of nitrogens with zero attached hydrogens (tertiary/aromatic N) is 2. The van der Waals surface area contributed by atoms with E-state index >= 15 is 0 Å². The van der Waals surface area contributed by atoms with Gasteiger partial charge in [0.05, 0.1) is 12.3 Å². The van der Waals surface area contributed by atoms with Gasteiger partial charge in [0.2, 0.25) is 0 Å². The van der Waals surface area contributed by atoms with E-state index in [0.29, 0.717) is 19.6 Å². The van der Waals surface area contributed by atoms with Crippen LogP contribution >= 0.6 is 0 Å². The Bertz CT molecular complexity index is 596. The molecule has 0 spiro atoms. The fourth-order valence-electron chi connectivity index (χ4n) is 2.18. The van der Waals surface area contributed by atoms with Crippen molar-refractivity contribution in [3.8, 4) is 17.0 Å². The first-order valence-electron chi connectivity index (χ1n) is 6.92. The minimum atomic E-state index is 0.560. The Morgan fingerprint density at radius 1 is 1.20 bits per heavy atom. The molecular weight excluding hydrogens is 250 g/mol. The largest absolute Gasteiger partial charge is 0.494 e. The summed E-state index contributed by atoms with van der Waals surface area (Å²) in [6, 6.07) is 6.12. The highest BCUT2D eigenvalue weighted by atomic mass is 16.5. The van der Waals surface area contributed by atoms with Crippen molar-refractivity contribution >= 4 is 0 Å². The maximum absolute atomic E-state index is 5.62. The number of hydrogen-bond acceptors (Lipinski definition) is 4. The van der Waals surface area contributed by atoms with Crippen LogP contribution < -0.4 is 10.5 Å². The second kappa shape index (κ2) is 6.48. The van der Waals surface area contributed by atoms with Gasteiger partial charge in [0, 0.05) is 18.2 Å². The fraction of sp³-hybridized carbons (Fsp3) is 0.375. The zero-order valence-corrected chi connectivity index (χ0v) is 12.3. The maximum Gasteiger partial charge on any atom is 0.130 e. The van der Waals surface area contributed by atoms with Crippen molar-refractivity contribution in [3.05, 3.63) is 41.3 Å². The average molecular weight is 271 g/mol. The molecule has 0 amide bonds. The van der Waals surface area contributed by atoms with Crippen LogP contribution in [0.2, 0.25) is 0 Å². The molecule has 4 nitrogen and oxygen atoms in total.